The second-order valence-electron chi connectivity index (χ2n) is 3.21. The zero-order valence-electron chi connectivity index (χ0n) is 9.06. The summed E-state index contributed by atoms with van der Waals surface area (Å²) in [4.78, 5) is -0.133. The Kier molecular flexibility index (Phi) is 6.71. The first-order valence-electron chi connectivity index (χ1n) is 4.59. The molecule has 78 valence electrons. The fraction of sp³-hybridized carbons (Fsp3) is 0.400. The van der Waals surface area contributed by atoms with E-state index in [1.807, 2.05) is 6.07 Å². The molecule has 0 unspecified atom stereocenters. The molecule has 0 heterocycles. The van der Waals surface area contributed by atoms with Crippen molar-refractivity contribution in [1.29, 1.82) is 0 Å². The van der Waals surface area contributed by atoms with Gasteiger partial charge in [0.15, 0.2) is 0 Å². The molecule has 5 heteroatoms. The maximum absolute atomic E-state index is 10.7. The van der Waals surface area contributed by atoms with Gasteiger partial charge in [-0.2, -0.15) is 0 Å². The number of rotatable bonds is 4. The van der Waals surface area contributed by atoms with Crippen LogP contribution in [0.25, 0.3) is 0 Å². The van der Waals surface area contributed by atoms with Crippen molar-refractivity contribution in [2.45, 2.75) is 31.1 Å². The van der Waals surface area contributed by atoms with Gasteiger partial charge in [-0.1, -0.05) is 25.5 Å². The van der Waals surface area contributed by atoms with Crippen LogP contribution in [0, 0.1) is 0 Å². The van der Waals surface area contributed by atoms with Gasteiger partial charge >= 0.3 is 29.6 Å². The van der Waals surface area contributed by atoms with Crippen LogP contribution in [-0.2, 0) is 16.5 Å². The molecule has 0 bridgehead atoms. The van der Waals surface area contributed by atoms with Crippen LogP contribution in [0.15, 0.2) is 29.2 Å². The van der Waals surface area contributed by atoms with Crippen molar-refractivity contribution >= 4 is 10.1 Å². The largest absolute Gasteiger partial charge is 1.00 e. The smallest absolute Gasteiger partial charge is 0.744 e. The first-order chi connectivity index (χ1) is 6.54. The zero-order valence-corrected chi connectivity index (χ0v) is 11.9. The molecule has 15 heavy (non-hydrogen) atoms. The number of hydrogen-bond acceptors (Lipinski definition) is 3. The second-order valence-corrected chi connectivity index (χ2v) is 4.58. The Morgan fingerprint density at radius 3 is 2.53 bits per heavy atom. The molecule has 0 atom stereocenters. The van der Waals surface area contributed by atoms with Gasteiger partial charge in [-0.05, 0) is 30.5 Å². The predicted molar refractivity (Wildman–Crippen MR) is 53.0 cm³/mol. The summed E-state index contributed by atoms with van der Waals surface area (Å²) in [5, 5.41) is 0. The summed E-state index contributed by atoms with van der Waals surface area (Å²) in [6, 6.07) is 6.23. The monoisotopic (exact) mass is 236 g/mol. The number of hydrogen-bond donors (Lipinski definition) is 0. The molecule has 1 aromatic carbocycles. The number of aryl methyl sites for hydroxylation is 1. The molecule has 0 aliphatic rings. The third-order valence-corrected chi connectivity index (χ3v) is 2.84. The molecule has 0 saturated heterocycles. The van der Waals surface area contributed by atoms with E-state index < -0.39 is 10.1 Å². The van der Waals surface area contributed by atoms with Crippen LogP contribution in [-0.4, -0.2) is 13.0 Å². The molecule has 0 radical (unpaired) electrons. The molecule has 0 fully saturated rings. The minimum absolute atomic E-state index is 0. The Morgan fingerprint density at radius 1 is 1.33 bits per heavy atom. The molecule has 0 aliphatic carbocycles. The second kappa shape index (κ2) is 6.66. The first-order valence-corrected chi connectivity index (χ1v) is 5.99. The topological polar surface area (TPSA) is 57.2 Å². The van der Waals surface area contributed by atoms with Gasteiger partial charge in [-0.15, -0.1) is 0 Å². The summed E-state index contributed by atoms with van der Waals surface area (Å²) in [6.45, 7) is 2.06. The third kappa shape index (κ3) is 5.13. The minimum atomic E-state index is -4.30. The van der Waals surface area contributed by atoms with E-state index in [1.165, 1.54) is 12.1 Å². The molecule has 0 saturated carbocycles. The molecule has 0 spiro atoms. The zero-order chi connectivity index (χ0) is 10.6. The summed E-state index contributed by atoms with van der Waals surface area (Å²) >= 11 is 0. The SMILES string of the molecule is CCCCc1cccc(S(=O)(=O)[O-])c1.[Na+]. The molecule has 0 amide bonds. The van der Waals surface area contributed by atoms with Crippen LogP contribution in [0.1, 0.15) is 25.3 Å². The van der Waals surface area contributed by atoms with E-state index >= 15 is 0 Å². The quantitative estimate of drug-likeness (QED) is 0.494. The predicted octanol–water partition coefficient (Wildman–Crippen LogP) is -1.06. The van der Waals surface area contributed by atoms with Gasteiger partial charge < -0.3 is 4.55 Å². The van der Waals surface area contributed by atoms with E-state index in [1.54, 1.807) is 6.07 Å². The summed E-state index contributed by atoms with van der Waals surface area (Å²) < 4.78 is 32.1. The van der Waals surface area contributed by atoms with E-state index in [9.17, 15) is 13.0 Å². The summed E-state index contributed by atoms with van der Waals surface area (Å²) in [7, 11) is -4.30. The van der Waals surface area contributed by atoms with E-state index in [0.29, 0.717) is 0 Å². The molecular weight excluding hydrogens is 223 g/mol. The molecule has 0 N–H and O–H groups in total. The Morgan fingerprint density at radius 2 is 2.00 bits per heavy atom. The fourth-order valence-corrected chi connectivity index (χ4v) is 1.78. The molecule has 1 aromatic rings. The van der Waals surface area contributed by atoms with Crippen molar-refractivity contribution in [3.05, 3.63) is 29.8 Å². The fourth-order valence-electron chi connectivity index (χ4n) is 1.24. The minimum Gasteiger partial charge on any atom is -0.744 e. The van der Waals surface area contributed by atoms with Gasteiger partial charge in [0.2, 0.25) is 0 Å². The average Bonchev–Trinajstić information content (AvgIpc) is 2.14. The van der Waals surface area contributed by atoms with E-state index in [0.717, 1.165) is 24.8 Å². The maximum Gasteiger partial charge on any atom is 1.00 e. The molecule has 0 aliphatic heterocycles. The Labute approximate surface area is 113 Å². The van der Waals surface area contributed by atoms with Crippen molar-refractivity contribution in [2.24, 2.45) is 0 Å². The normalized spacial score (nSPS) is 10.8. The van der Waals surface area contributed by atoms with Crippen molar-refractivity contribution in [2.75, 3.05) is 0 Å². The van der Waals surface area contributed by atoms with Crippen LogP contribution in [0.3, 0.4) is 0 Å². The standard InChI is InChI=1S/C10H14O3S.Na/c1-2-3-5-9-6-4-7-10(8-9)14(11,12)13;/h4,6-8H,2-3,5H2,1H3,(H,11,12,13);/q;+1/p-1. The Bertz CT molecular complexity index is 401. The van der Waals surface area contributed by atoms with Crippen molar-refractivity contribution in [3.63, 3.8) is 0 Å². The summed E-state index contributed by atoms with van der Waals surface area (Å²) in [5.41, 5.74) is 0.906. The van der Waals surface area contributed by atoms with Gasteiger partial charge in [0.05, 0.1) is 4.90 Å². The summed E-state index contributed by atoms with van der Waals surface area (Å²) in [5.74, 6) is 0. The Balaban J connectivity index is 0.00000196. The third-order valence-electron chi connectivity index (χ3n) is 2.01. The average molecular weight is 236 g/mol. The van der Waals surface area contributed by atoms with Crippen LogP contribution >= 0.6 is 0 Å². The van der Waals surface area contributed by atoms with Crippen LogP contribution < -0.4 is 29.6 Å². The maximum atomic E-state index is 10.7. The Hall–Kier alpha value is 0.130. The van der Waals surface area contributed by atoms with Gasteiger partial charge in [0.1, 0.15) is 10.1 Å². The molecular formula is C10H13NaO3S. The van der Waals surface area contributed by atoms with Gasteiger partial charge in [-0.3, -0.25) is 0 Å². The molecule has 0 aromatic heterocycles. The van der Waals surface area contributed by atoms with E-state index in [4.69, 9.17) is 0 Å². The van der Waals surface area contributed by atoms with Gasteiger partial charge in [0.25, 0.3) is 0 Å². The van der Waals surface area contributed by atoms with Crippen LogP contribution in [0.2, 0.25) is 0 Å². The van der Waals surface area contributed by atoms with Crippen molar-refractivity contribution in [3.8, 4) is 0 Å². The van der Waals surface area contributed by atoms with Gasteiger partial charge in [-0.25, -0.2) is 8.42 Å². The van der Waals surface area contributed by atoms with E-state index in [-0.39, 0.29) is 34.5 Å². The van der Waals surface area contributed by atoms with E-state index in [2.05, 4.69) is 6.92 Å². The molecule has 1 rings (SSSR count). The van der Waals surface area contributed by atoms with Gasteiger partial charge in [0, 0.05) is 0 Å². The van der Waals surface area contributed by atoms with Crippen molar-refractivity contribution in [1.82, 2.24) is 0 Å². The van der Waals surface area contributed by atoms with Crippen molar-refractivity contribution < 1.29 is 42.5 Å². The molecule has 3 nitrogen and oxygen atoms in total. The number of benzene rings is 1. The van der Waals surface area contributed by atoms with Crippen LogP contribution in [0.4, 0.5) is 0 Å². The number of unbranched alkanes of at least 4 members (excludes halogenated alkanes) is 1. The first kappa shape index (κ1) is 15.1. The summed E-state index contributed by atoms with van der Waals surface area (Å²) in [6.07, 6.45) is 2.87. The van der Waals surface area contributed by atoms with Crippen LogP contribution in [0.5, 0.6) is 0 Å².